The summed E-state index contributed by atoms with van der Waals surface area (Å²) in [5, 5.41) is 24.5. The first kappa shape index (κ1) is 18.1. The number of aliphatic hydroxyl groups is 1. The van der Waals surface area contributed by atoms with E-state index in [1.165, 1.54) is 7.11 Å². The molecule has 0 aliphatic carbocycles. The number of carbonyl (C=O) groups excluding carboxylic acids is 2. The summed E-state index contributed by atoms with van der Waals surface area (Å²) in [6, 6.07) is -1.86. The smallest absolute Gasteiger partial charge is 0.326 e. The van der Waals surface area contributed by atoms with Gasteiger partial charge in [0.15, 0.2) is 0 Å². The molecule has 3 amide bonds. The predicted molar refractivity (Wildman–Crippen MR) is 69.2 cm³/mol. The first-order valence-corrected chi connectivity index (χ1v) is 6.15. The van der Waals surface area contributed by atoms with E-state index in [9.17, 15) is 14.4 Å². The van der Waals surface area contributed by atoms with E-state index >= 15 is 0 Å². The monoisotopic (exact) mass is 291 g/mol. The van der Waals surface area contributed by atoms with Crippen LogP contribution in [0.3, 0.4) is 0 Å². The van der Waals surface area contributed by atoms with E-state index in [1.807, 2.05) is 0 Å². The van der Waals surface area contributed by atoms with Crippen LogP contribution in [0.25, 0.3) is 0 Å². The number of amides is 3. The zero-order chi connectivity index (χ0) is 15.4. The number of nitrogens with one attached hydrogen (secondary N) is 3. The molecule has 0 aromatic rings. The molecule has 0 radical (unpaired) electrons. The fraction of sp³-hybridized carbons (Fsp3) is 0.727. The molecule has 20 heavy (non-hydrogen) atoms. The van der Waals surface area contributed by atoms with E-state index in [0.717, 1.165) is 0 Å². The molecule has 0 bridgehead atoms. The lowest BCUT2D eigenvalue weighted by atomic mass is 10.2. The molecule has 0 spiro atoms. The standard InChI is InChI=1S/C11H21N3O6/c1-20-7-5-12-9(16)2-4-13-11(19)14-8(3-6-15)10(17)18/h8,15H,2-7H2,1H3,(H,12,16)(H,17,18)(H2,13,14,19)/t8-/m0/s1. The summed E-state index contributed by atoms with van der Waals surface area (Å²) in [6.45, 7) is 0.523. The van der Waals surface area contributed by atoms with Crippen molar-refractivity contribution in [2.45, 2.75) is 18.9 Å². The lowest BCUT2D eigenvalue weighted by Crippen LogP contribution is -2.47. The SMILES string of the molecule is COCCNC(=O)CCNC(=O)N[C@@H](CCO)C(=O)O. The normalized spacial score (nSPS) is 11.5. The number of carboxylic acids is 1. The van der Waals surface area contributed by atoms with Gasteiger partial charge in [-0.3, -0.25) is 4.79 Å². The molecule has 0 fully saturated rings. The van der Waals surface area contributed by atoms with Gasteiger partial charge in [0.05, 0.1) is 6.61 Å². The van der Waals surface area contributed by atoms with E-state index in [-0.39, 0.29) is 31.9 Å². The third kappa shape index (κ3) is 9.11. The summed E-state index contributed by atoms with van der Waals surface area (Å²) < 4.78 is 4.75. The Morgan fingerprint density at radius 3 is 2.45 bits per heavy atom. The van der Waals surface area contributed by atoms with Crippen molar-refractivity contribution in [1.82, 2.24) is 16.0 Å². The lowest BCUT2D eigenvalue weighted by Gasteiger charge is -2.13. The van der Waals surface area contributed by atoms with Gasteiger partial charge in [0.1, 0.15) is 6.04 Å². The summed E-state index contributed by atoms with van der Waals surface area (Å²) >= 11 is 0. The number of ether oxygens (including phenoxy) is 1. The second-order valence-electron chi connectivity index (χ2n) is 3.90. The zero-order valence-electron chi connectivity index (χ0n) is 11.3. The number of aliphatic hydroxyl groups excluding tert-OH is 1. The number of aliphatic carboxylic acids is 1. The van der Waals surface area contributed by atoms with Gasteiger partial charge in [0, 0.05) is 39.6 Å². The van der Waals surface area contributed by atoms with Gasteiger partial charge in [-0.15, -0.1) is 0 Å². The molecule has 0 aliphatic heterocycles. The van der Waals surface area contributed by atoms with Crippen molar-refractivity contribution in [3.05, 3.63) is 0 Å². The Bertz CT molecular complexity index is 323. The number of hydrogen-bond acceptors (Lipinski definition) is 5. The number of methoxy groups -OCH3 is 1. The lowest BCUT2D eigenvalue weighted by molar-refractivity contribution is -0.139. The van der Waals surface area contributed by atoms with Crippen LogP contribution in [0, 0.1) is 0 Å². The van der Waals surface area contributed by atoms with E-state index in [1.54, 1.807) is 0 Å². The second-order valence-corrected chi connectivity index (χ2v) is 3.90. The Labute approximate surface area is 116 Å². The molecule has 0 aromatic carbocycles. The van der Waals surface area contributed by atoms with Crippen molar-refractivity contribution >= 4 is 17.9 Å². The van der Waals surface area contributed by atoms with Crippen LogP contribution >= 0.6 is 0 Å². The highest BCUT2D eigenvalue weighted by Crippen LogP contribution is 1.91. The Morgan fingerprint density at radius 2 is 1.90 bits per heavy atom. The topological polar surface area (TPSA) is 137 Å². The van der Waals surface area contributed by atoms with Gasteiger partial charge >= 0.3 is 12.0 Å². The quantitative estimate of drug-likeness (QED) is 0.303. The maximum atomic E-state index is 11.4. The molecule has 0 aromatic heterocycles. The fourth-order valence-electron chi connectivity index (χ4n) is 1.27. The maximum absolute atomic E-state index is 11.4. The van der Waals surface area contributed by atoms with Crippen LogP contribution in [0.15, 0.2) is 0 Å². The van der Waals surface area contributed by atoms with Gasteiger partial charge in [-0.05, 0) is 0 Å². The van der Waals surface area contributed by atoms with Gasteiger partial charge in [0.25, 0.3) is 0 Å². The van der Waals surface area contributed by atoms with Crippen LogP contribution in [0.5, 0.6) is 0 Å². The van der Waals surface area contributed by atoms with Crippen LogP contribution in [0.4, 0.5) is 4.79 Å². The molecular formula is C11H21N3O6. The Morgan fingerprint density at radius 1 is 1.20 bits per heavy atom. The van der Waals surface area contributed by atoms with Crippen molar-refractivity contribution in [2.75, 3.05) is 33.4 Å². The second kappa shape index (κ2) is 11.0. The average Bonchev–Trinajstić information content (AvgIpc) is 2.38. The van der Waals surface area contributed by atoms with E-state index in [0.29, 0.717) is 13.2 Å². The molecule has 0 aliphatic rings. The summed E-state index contributed by atoms with van der Waals surface area (Å²) in [5.74, 6) is -1.47. The fourth-order valence-corrected chi connectivity index (χ4v) is 1.27. The average molecular weight is 291 g/mol. The van der Waals surface area contributed by atoms with E-state index in [4.69, 9.17) is 14.9 Å². The van der Waals surface area contributed by atoms with E-state index in [2.05, 4.69) is 16.0 Å². The minimum atomic E-state index is -1.23. The summed E-state index contributed by atoms with van der Waals surface area (Å²) in [7, 11) is 1.52. The Balaban J connectivity index is 3.81. The first-order chi connectivity index (χ1) is 9.51. The number of rotatable bonds is 10. The number of urea groups is 1. The molecule has 0 saturated heterocycles. The zero-order valence-corrected chi connectivity index (χ0v) is 11.3. The molecule has 0 heterocycles. The van der Waals surface area contributed by atoms with Gasteiger partial charge in [-0.2, -0.15) is 0 Å². The van der Waals surface area contributed by atoms with Crippen LogP contribution in [-0.2, 0) is 14.3 Å². The third-order valence-corrected chi connectivity index (χ3v) is 2.29. The first-order valence-electron chi connectivity index (χ1n) is 6.15. The third-order valence-electron chi connectivity index (χ3n) is 2.29. The Hall–Kier alpha value is -1.87. The molecule has 116 valence electrons. The number of carboxylic acid groups (broad SMARTS) is 1. The summed E-state index contributed by atoms with van der Waals surface area (Å²) in [5.41, 5.74) is 0. The molecular weight excluding hydrogens is 270 g/mol. The van der Waals surface area contributed by atoms with Gasteiger partial charge in [-0.25, -0.2) is 9.59 Å². The van der Waals surface area contributed by atoms with Crippen molar-refractivity contribution in [2.24, 2.45) is 0 Å². The minimum absolute atomic E-state index is 0.0782. The van der Waals surface area contributed by atoms with Crippen molar-refractivity contribution in [3.63, 3.8) is 0 Å². The number of carbonyl (C=O) groups is 3. The van der Waals surface area contributed by atoms with Crippen molar-refractivity contribution in [1.29, 1.82) is 0 Å². The van der Waals surface area contributed by atoms with Crippen LogP contribution in [0.2, 0.25) is 0 Å². The highest BCUT2D eigenvalue weighted by Gasteiger charge is 2.18. The van der Waals surface area contributed by atoms with Gasteiger partial charge in [0.2, 0.25) is 5.91 Å². The van der Waals surface area contributed by atoms with Crippen molar-refractivity contribution in [3.8, 4) is 0 Å². The molecule has 0 saturated carbocycles. The molecule has 9 nitrogen and oxygen atoms in total. The van der Waals surface area contributed by atoms with Crippen LogP contribution < -0.4 is 16.0 Å². The van der Waals surface area contributed by atoms with E-state index < -0.39 is 18.0 Å². The summed E-state index contributed by atoms with van der Waals surface area (Å²) in [4.78, 5) is 33.3. The molecule has 5 N–H and O–H groups in total. The summed E-state index contributed by atoms with van der Waals surface area (Å²) in [6.07, 6.45) is -0.00483. The van der Waals surface area contributed by atoms with Gasteiger partial charge < -0.3 is 30.9 Å². The van der Waals surface area contributed by atoms with Crippen LogP contribution in [0.1, 0.15) is 12.8 Å². The molecule has 9 heteroatoms. The highest BCUT2D eigenvalue weighted by atomic mass is 16.5. The number of hydrogen-bond donors (Lipinski definition) is 5. The van der Waals surface area contributed by atoms with Crippen molar-refractivity contribution < 1.29 is 29.3 Å². The maximum Gasteiger partial charge on any atom is 0.326 e. The Kier molecular flexibility index (Phi) is 9.97. The predicted octanol–water partition coefficient (Wildman–Crippen LogP) is -1.73. The molecule has 1 atom stereocenters. The minimum Gasteiger partial charge on any atom is -0.480 e. The largest absolute Gasteiger partial charge is 0.480 e. The highest BCUT2D eigenvalue weighted by molar-refractivity contribution is 5.83. The molecule has 0 unspecified atom stereocenters. The van der Waals surface area contributed by atoms with Gasteiger partial charge in [-0.1, -0.05) is 0 Å². The molecule has 0 rings (SSSR count). The van der Waals surface area contributed by atoms with Crippen LogP contribution in [-0.4, -0.2) is 67.6 Å².